The van der Waals surface area contributed by atoms with E-state index in [1.165, 1.54) is 0 Å². The lowest BCUT2D eigenvalue weighted by molar-refractivity contribution is 1.02. The van der Waals surface area contributed by atoms with Gasteiger partial charge in [0.2, 0.25) is 0 Å². The number of rotatable bonds is 2. The zero-order valence-electron chi connectivity index (χ0n) is 10.3. The number of benzene rings is 1. The maximum Gasteiger partial charge on any atom is 0.124 e. The van der Waals surface area contributed by atoms with Gasteiger partial charge in [0, 0.05) is 5.56 Å². The van der Waals surface area contributed by atoms with Crippen molar-refractivity contribution in [3.8, 4) is 21.1 Å². The molecule has 1 N–H and O–H groups in total. The molecule has 3 rings (SSSR count). The lowest BCUT2D eigenvalue weighted by atomic mass is 10.2. The maximum atomic E-state index is 5.01. The van der Waals surface area contributed by atoms with Crippen molar-refractivity contribution >= 4 is 23.6 Å². The van der Waals surface area contributed by atoms with Crippen molar-refractivity contribution < 1.29 is 0 Å². The third-order valence-corrected chi connectivity index (χ3v) is 4.19. The first kappa shape index (κ1) is 12.2. The van der Waals surface area contributed by atoms with Gasteiger partial charge < -0.3 is 0 Å². The van der Waals surface area contributed by atoms with Gasteiger partial charge >= 0.3 is 0 Å². The molecule has 3 aromatic rings. The Morgan fingerprint density at radius 2 is 1.89 bits per heavy atom. The highest BCUT2D eigenvalue weighted by Gasteiger charge is 2.11. The molecule has 0 bridgehead atoms. The second kappa shape index (κ2) is 5.03. The van der Waals surface area contributed by atoms with Crippen LogP contribution in [0.3, 0.4) is 0 Å². The lowest BCUT2D eigenvalue weighted by Gasteiger charge is -1.95. The van der Waals surface area contributed by atoms with Crippen molar-refractivity contribution in [3.05, 3.63) is 52.8 Å². The molecule has 0 aliphatic rings. The Hall–Kier alpha value is -1.85. The molecule has 3 nitrogen and oxygen atoms in total. The summed E-state index contributed by atoms with van der Waals surface area (Å²) >= 11 is 6.65. The van der Waals surface area contributed by atoms with Crippen LogP contribution in [0.2, 0.25) is 0 Å². The Bertz CT molecular complexity index is 739. The van der Waals surface area contributed by atoms with Crippen molar-refractivity contribution in [2.45, 2.75) is 6.92 Å². The first-order chi connectivity index (χ1) is 9.24. The first-order valence-electron chi connectivity index (χ1n) is 5.83. The number of hydrogen-bond acceptors (Lipinski definition) is 4. The molecule has 2 heterocycles. The second-order valence-electron chi connectivity index (χ2n) is 4.11. The molecule has 5 heteroatoms. The lowest BCUT2D eigenvalue weighted by Crippen LogP contribution is -1.86. The molecule has 0 spiro atoms. The van der Waals surface area contributed by atoms with Gasteiger partial charge in [-0.3, -0.25) is 5.10 Å². The van der Waals surface area contributed by atoms with Crippen molar-refractivity contribution in [1.82, 2.24) is 15.2 Å². The van der Waals surface area contributed by atoms with E-state index >= 15 is 0 Å². The summed E-state index contributed by atoms with van der Waals surface area (Å²) in [4.78, 5) is 5.69. The third kappa shape index (κ3) is 2.47. The average Bonchev–Trinajstić information content (AvgIpc) is 2.83. The summed E-state index contributed by atoms with van der Waals surface area (Å²) in [6.07, 6.45) is 0. The monoisotopic (exact) mass is 285 g/mol. The summed E-state index contributed by atoms with van der Waals surface area (Å²) in [5.41, 5.74) is 3.00. The first-order valence-corrected chi connectivity index (χ1v) is 7.05. The molecular weight excluding hydrogens is 274 g/mol. The summed E-state index contributed by atoms with van der Waals surface area (Å²) in [6.45, 7) is 2.00. The maximum absolute atomic E-state index is 5.01. The molecular formula is C14H11N3S2. The predicted molar refractivity (Wildman–Crippen MR) is 80.7 cm³/mol. The number of aromatic nitrogens is 3. The number of aryl methyl sites for hydroxylation is 1. The van der Waals surface area contributed by atoms with E-state index in [0.29, 0.717) is 4.64 Å². The molecule has 0 saturated heterocycles. The number of nitrogens with zero attached hydrogens (tertiary/aromatic N) is 2. The van der Waals surface area contributed by atoms with Crippen LogP contribution in [0.1, 0.15) is 5.69 Å². The molecule has 2 aromatic heterocycles. The van der Waals surface area contributed by atoms with Crippen molar-refractivity contribution in [2.75, 3.05) is 0 Å². The third-order valence-electron chi connectivity index (χ3n) is 2.73. The van der Waals surface area contributed by atoms with Gasteiger partial charge in [-0.25, -0.2) is 4.98 Å². The van der Waals surface area contributed by atoms with Crippen molar-refractivity contribution in [3.63, 3.8) is 0 Å². The molecule has 0 saturated carbocycles. The minimum Gasteiger partial charge on any atom is -0.267 e. The van der Waals surface area contributed by atoms with Crippen LogP contribution in [0.4, 0.5) is 0 Å². The number of H-pyrrole nitrogens is 1. The summed E-state index contributed by atoms with van der Waals surface area (Å²) in [7, 11) is 0. The molecule has 0 aliphatic heterocycles. The van der Waals surface area contributed by atoms with Crippen LogP contribution in [0.25, 0.3) is 21.1 Å². The van der Waals surface area contributed by atoms with Crippen LogP contribution >= 0.6 is 23.6 Å². The van der Waals surface area contributed by atoms with Crippen LogP contribution in [0.15, 0.2) is 42.5 Å². The van der Waals surface area contributed by atoms with Crippen LogP contribution in [-0.4, -0.2) is 15.2 Å². The molecule has 0 unspecified atom stereocenters. The predicted octanol–water partition coefficient (Wildman–Crippen LogP) is 4.24. The van der Waals surface area contributed by atoms with Crippen molar-refractivity contribution in [2.24, 2.45) is 0 Å². The number of thiazole rings is 1. The fraction of sp³-hybridized carbons (Fsp3) is 0.0714. The van der Waals surface area contributed by atoms with E-state index in [2.05, 4.69) is 27.3 Å². The van der Waals surface area contributed by atoms with E-state index in [1.54, 1.807) is 11.3 Å². The molecule has 0 amide bonds. The highest BCUT2D eigenvalue weighted by atomic mass is 32.1. The Balaban J connectivity index is 2.07. The molecule has 0 fully saturated rings. The van der Waals surface area contributed by atoms with Gasteiger partial charge in [-0.1, -0.05) is 42.5 Å². The van der Waals surface area contributed by atoms with Crippen LogP contribution in [0.5, 0.6) is 0 Å². The summed E-state index contributed by atoms with van der Waals surface area (Å²) in [5, 5.41) is 8.09. The van der Waals surface area contributed by atoms with E-state index in [0.717, 1.165) is 26.8 Å². The molecule has 94 valence electrons. The molecule has 0 radical (unpaired) electrons. The fourth-order valence-electron chi connectivity index (χ4n) is 1.81. The number of aromatic amines is 1. The van der Waals surface area contributed by atoms with Crippen LogP contribution < -0.4 is 0 Å². The van der Waals surface area contributed by atoms with Gasteiger partial charge in [0.1, 0.15) is 15.3 Å². The fourth-order valence-corrected chi connectivity index (χ4v) is 2.96. The average molecular weight is 285 g/mol. The quantitative estimate of drug-likeness (QED) is 0.716. The largest absolute Gasteiger partial charge is 0.267 e. The van der Waals surface area contributed by atoms with Gasteiger partial charge in [0.25, 0.3) is 0 Å². The standard InChI is InChI=1S/C14H11N3S2/c1-9-13(11-7-8-12(18)17-16-11)19-14(15-9)10-5-3-2-4-6-10/h2-8H,1H3,(H,17,18). The molecule has 0 atom stereocenters. The Morgan fingerprint density at radius 1 is 1.11 bits per heavy atom. The van der Waals surface area contributed by atoms with Crippen molar-refractivity contribution in [1.29, 1.82) is 0 Å². The summed E-state index contributed by atoms with van der Waals surface area (Å²) < 4.78 is 0.634. The molecule has 1 aromatic carbocycles. The zero-order valence-corrected chi connectivity index (χ0v) is 11.9. The minimum atomic E-state index is 0.634. The highest BCUT2D eigenvalue weighted by Crippen LogP contribution is 2.33. The molecule has 19 heavy (non-hydrogen) atoms. The van der Waals surface area contributed by atoms with Gasteiger partial charge in [-0.15, -0.1) is 11.3 Å². The van der Waals surface area contributed by atoms with Crippen LogP contribution in [0, 0.1) is 11.6 Å². The van der Waals surface area contributed by atoms with Gasteiger partial charge in [-0.2, -0.15) is 5.10 Å². The summed E-state index contributed by atoms with van der Waals surface area (Å²) in [5.74, 6) is 0. The molecule has 0 aliphatic carbocycles. The van der Waals surface area contributed by atoms with Gasteiger partial charge in [0.15, 0.2) is 0 Å². The zero-order chi connectivity index (χ0) is 13.2. The smallest absolute Gasteiger partial charge is 0.124 e. The topological polar surface area (TPSA) is 41.6 Å². The van der Waals surface area contributed by atoms with E-state index in [1.807, 2.05) is 37.3 Å². The number of nitrogens with one attached hydrogen (secondary N) is 1. The Kier molecular flexibility index (Phi) is 3.23. The van der Waals surface area contributed by atoms with E-state index in [9.17, 15) is 0 Å². The SMILES string of the molecule is Cc1nc(-c2ccccc2)sc1-c1ccc(=S)[nH]n1. The minimum absolute atomic E-state index is 0.634. The van der Waals surface area contributed by atoms with E-state index in [4.69, 9.17) is 12.2 Å². The van der Waals surface area contributed by atoms with Gasteiger partial charge in [-0.05, 0) is 19.1 Å². The van der Waals surface area contributed by atoms with E-state index < -0.39 is 0 Å². The highest BCUT2D eigenvalue weighted by molar-refractivity contribution is 7.71. The van der Waals surface area contributed by atoms with E-state index in [-0.39, 0.29) is 0 Å². The summed E-state index contributed by atoms with van der Waals surface area (Å²) in [6, 6.07) is 13.9. The Morgan fingerprint density at radius 3 is 2.58 bits per heavy atom. The number of hydrogen-bond donors (Lipinski definition) is 1. The Labute approximate surface area is 120 Å². The van der Waals surface area contributed by atoms with Gasteiger partial charge in [0.05, 0.1) is 10.6 Å². The van der Waals surface area contributed by atoms with Crippen LogP contribution in [-0.2, 0) is 0 Å². The second-order valence-corrected chi connectivity index (χ2v) is 5.54. The normalized spacial score (nSPS) is 10.6.